The van der Waals surface area contributed by atoms with Gasteiger partial charge in [-0.25, -0.2) is 0 Å². The number of benzene rings is 2. The van der Waals surface area contributed by atoms with Crippen LogP contribution in [0, 0.1) is 6.92 Å². The number of aliphatic hydroxyl groups excluding tert-OH is 1. The van der Waals surface area contributed by atoms with Gasteiger partial charge in [-0.1, -0.05) is 39.0 Å². The maximum Gasteiger partial charge on any atom is 0.308 e. The van der Waals surface area contributed by atoms with E-state index < -0.39 is 12.2 Å². The highest BCUT2D eigenvalue weighted by atomic mass is 16.5. The molecule has 0 spiro atoms. The summed E-state index contributed by atoms with van der Waals surface area (Å²) in [5.74, 6) is 0.134. The summed E-state index contributed by atoms with van der Waals surface area (Å²) in [6, 6.07) is 9.17. The van der Waals surface area contributed by atoms with Gasteiger partial charge in [-0.15, -0.1) is 0 Å². The van der Waals surface area contributed by atoms with Gasteiger partial charge < -0.3 is 19.9 Å². The number of hydrogen-bond donors (Lipinski definition) is 2. The van der Waals surface area contributed by atoms with E-state index >= 15 is 0 Å². The Labute approximate surface area is 201 Å². The molecular weight excluding hydrogens is 430 g/mol. The Kier molecular flexibility index (Phi) is 6.47. The number of nitrogens with one attached hydrogen (secondary N) is 1. The van der Waals surface area contributed by atoms with Gasteiger partial charge in [0.2, 0.25) is 0 Å². The molecule has 0 saturated carbocycles. The van der Waals surface area contributed by atoms with Gasteiger partial charge in [-0.3, -0.25) is 9.59 Å². The average molecular weight is 466 g/mol. The highest BCUT2D eigenvalue weighted by molar-refractivity contribution is 6.05. The van der Waals surface area contributed by atoms with Gasteiger partial charge in [0.15, 0.2) is 0 Å². The van der Waals surface area contributed by atoms with Crippen molar-refractivity contribution in [3.05, 3.63) is 58.1 Å². The second kappa shape index (κ2) is 9.06. The minimum atomic E-state index is -0.718. The zero-order chi connectivity index (χ0) is 24.8. The fraction of sp³-hybridized carbons (Fsp3) is 0.500. The second-order valence-electron chi connectivity index (χ2n) is 10.6. The Bertz CT molecular complexity index is 1110. The first-order valence-corrected chi connectivity index (χ1v) is 12.1. The Morgan fingerprint density at radius 1 is 1.15 bits per heavy atom. The van der Waals surface area contributed by atoms with Crippen molar-refractivity contribution in [1.82, 2.24) is 0 Å². The van der Waals surface area contributed by atoms with Crippen molar-refractivity contribution in [2.75, 3.05) is 5.32 Å². The van der Waals surface area contributed by atoms with Crippen molar-refractivity contribution in [2.45, 2.75) is 90.4 Å². The van der Waals surface area contributed by atoms with Crippen LogP contribution in [-0.2, 0) is 16.0 Å². The molecule has 6 heteroatoms. The van der Waals surface area contributed by atoms with Crippen LogP contribution in [0.3, 0.4) is 0 Å². The first-order chi connectivity index (χ1) is 16.0. The molecule has 3 atom stereocenters. The lowest BCUT2D eigenvalue weighted by Crippen LogP contribution is -2.36. The Morgan fingerprint density at radius 3 is 2.44 bits per heavy atom. The SMILES string of the molecule is Cc1c2c(c(C(C)[C@@H]3C[C@@H](O)CC(=O)O3)c(C(C)C)c1NC(=O)c1ccccc1)OC(C)(C)C2. The van der Waals surface area contributed by atoms with Gasteiger partial charge in [0.05, 0.1) is 12.5 Å². The van der Waals surface area contributed by atoms with E-state index in [4.69, 9.17) is 9.47 Å². The molecule has 4 rings (SSSR count). The van der Waals surface area contributed by atoms with Crippen LogP contribution in [0.15, 0.2) is 30.3 Å². The number of anilines is 1. The number of carbonyl (C=O) groups excluding carboxylic acids is 2. The zero-order valence-electron chi connectivity index (χ0n) is 20.9. The molecule has 0 radical (unpaired) electrons. The van der Waals surface area contributed by atoms with E-state index in [-0.39, 0.29) is 35.7 Å². The molecule has 1 unspecified atom stereocenters. The third-order valence-electron chi connectivity index (χ3n) is 6.94. The maximum absolute atomic E-state index is 13.2. The number of ether oxygens (including phenoxy) is 2. The summed E-state index contributed by atoms with van der Waals surface area (Å²) in [5, 5.41) is 13.5. The lowest BCUT2D eigenvalue weighted by Gasteiger charge is -2.34. The Balaban J connectivity index is 1.87. The van der Waals surface area contributed by atoms with Gasteiger partial charge in [0.25, 0.3) is 5.91 Å². The summed E-state index contributed by atoms with van der Waals surface area (Å²) in [4.78, 5) is 25.3. The van der Waals surface area contributed by atoms with Gasteiger partial charge in [-0.2, -0.15) is 0 Å². The second-order valence-corrected chi connectivity index (χ2v) is 10.6. The predicted octanol–water partition coefficient (Wildman–Crippen LogP) is 5.25. The summed E-state index contributed by atoms with van der Waals surface area (Å²) < 4.78 is 12.2. The van der Waals surface area contributed by atoms with Crippen LogP contribution in [0.4, 0.5) is 5.69 Å². The highest BCUT2D eigenvalue weighted by Crippen LogP contribution is 2.51. The number of fused-ring (bicyclic) bond motifs is 1. The predicted molar refractivity (Wildman–Crippen MR) is 132 cm³/mol. The smallest absolute Gasteiger partial charge is 0.308 e. The third kappa shape index (κ3) is 4.56. The summed E-state index contributed by atoms with van der Waals surface area (Å²) in [6.45, 7) is 12.4. The Hall–Kier alpha value is -2.86. The van der Waals surface area contributed by atoms with E-state index in [9.17, 15) is 14.7 Å². The molecule has 2 N–H and O–H groups in total. The van der Waals surface area contributed by atoms with Crippen molar-refractivity contribution in [2.24, 2.45) is 0 Å². The van der Waals surface area contributed by atoms with E-state index in [0.717, 1.165) is 33.7 Å². The molecule has 0 aliphatic carbocycles. The molecule has 2 heterocycles. The van der Waals surface area contributed by atoms with Crippen molar-refractivity contribution in [1.29, 1.82) is 0 Å². The van der Waals surface area contributed by atoms with Crippen molar-refractivity contribution >= 4 is 17.6 Å². The topological polar surface area (TPSA) is 84.9 Å². The average Bonchev–Trinajstić information content (AvgIpc) is 3.09. The first kappa shape index (κ1) is 24.3. The first-order valence-electron chi connectivity index (χ1n) is 12.1. The van der Waals surface area contributed by atoms with Crippen LogP contribution in [0.5, 0.6) is 5.75 Å². The summed E-state index contributed by atoms with van der Waals surface area (Å²) >= 11 is 0. The van der Waals surface area contributed by atoms with E-state index in [2.05, 4.69) is 33.0 Å². The van der Waals surface area contributed by atoms with Crippen LogP contribution in [0.1, 0.15) is 91.9 Å². The number of carbonyl (C=O) groups is 2. The van der Waals surface area contributed by atoms with Crippen molar-refractivity contribution in [3.8, 4) is 5.75 Å². The quantitative estimate of drug-likeness (QED) is 0.589. The molecule has 2 aliphatic rings. The van der Waals surface area contributed by atoms with E-state index in [1.54, 1.807) is 12.1 Å². The fourth-order valence-electron chi connectivity index (χ4n) is 5.30. The van der Waals surface area contributed by atoms with E-state index in [1.165, 1.54) is 0 Å². The maximum atomic E-state index is 13.2. The number of rotatable bonds is 5. The number of amides is 1. The molecule has 1 saturated heterocycles. The summed E-state index contributed by atoms with van der Waals surface area (Å²) in [7, 11) is 0. The van der Waals surface area contributed by atoms with Crippen molar-refractivity contribution in [3.63, 3.8) is 0 Å². The molecule has 2 aromatic rings. The number of aliphatic hydroxyl groups is 1. The van der Waals surface area contributed by atoms with E-state index in [0.29, 0.717) is 18.4 Å². The van der Waals surface area contributed by atoms with Crippen LogP contribution in [0.25, 0.3) is 0 Å². The standard InChI is InChI=1S/C28H35NO5/c1-15(2)23-24(17(4)21-12-19(30)13-22(31)33-21)26-20(14-28(5,6)34-26)16(3)25(23)29-27(32)18-10-8-7-9-11-18/h7-11,15,17,19,21,30H,12-14H2,1-6H3,(H,29,32)/t17?,19-,21+/m1/s1. The molecule has 182 valence electrons. The summed E-state index contributed by atoms with van der Waals surface area (Å²) in [6.07, 6.45) is -0.0703. The lowest BCUT2D eigenvalue weighted by atomic mass is 9.79. The third-order valence-corrected chi connectivity index (χ3v) is 6.94. The van der Waals surface area contributed by atoms with E-state index in [1.807, 2.05) is 32.0 Å². The fourth-order valence-corrected chi connectivity index (χ4v) is 5.30. The van der Waals surface area contributed by atoms with Gasteiger partial charge in [0, 0.05) is 41.1 Å². The number of esters is 1. The molecule has 6 nitrogen and oxygen atoms in total. The Morgan fingerprint density at radius 2 is 1.82 bits per heavy atom. The van der Waals surface area contributed by atoms with Gasteiger partial charge in [-0.05, 0) is 49.9 Å². The molecule has 2 aromatic carbocycles. The molecule has 34 heavy (non-hydrogen) atoms. The molecular formula is C28H35NO5. The zero-order valence-corrected chi connectivity index (χ0v) is 20.9. The van der Waals surface area contributed by atoms with Crippen LogP contribution < -0.4 is 10.1 Å². The largest absolute Gasteiger partial charge is 0.487 e. The van der Waals surface area contributed by atoms with Crippen molar-refractivity contribution < 1.29 is 24.2 Å². The molecule has 1 amide bonds. The van der Waals surface area contributed by atoms with Gasteiger partial charge >= 0.3 is 5.97 Å². The highest BCUT2D eigenvalue weighted by Gasteiger charge is 2.41. The summed E-state index contributed by atoms with van der Waals surface area (Å²) in [5.41, 5.74) is 5.02. The van der Waals surface area contributed by atoms with Crippen LogP contribution in [0.2, 0.25) is 0 Å². The molecule has 2 aliphatic heterocycles. The monoisotopic (exact) mass is 465 g/mol. The number of cyclic esters (lactones) is 1. The minimum Gasteiger partial charge on any atom is -0.487 e. The lowest BCUT2D eigenvalue weighted by molar-refractivity contribution is -0.161. The normalized spacial score (nSPS) is 22.1. The number of hydrogen-bond acceptors (Lipinski definition) is 5. The van der Waals surface area contributed by atoms with Crippen LogP contribution >= 0.6 is 0 Å². The molecule has 0 aromatic heterocycles. The van der Waals surface area contributed by atoms with Crippen LogP contribution in [-0.4, -0.2) is 34.8 Å². The molecule has 0 bridgehead atoms. The molecule has 1 fully saturated rings. The van der Waals surface area contributed by atoms with Gasteiger partial charge in [0.1, 0.15) is 17.5 Å². The minimum absolute atomic E-state index is 0.0220.